The highest BCUT2D eigenvalue weighted by atomic mass is 16.1. The zero-order valence-corrected chi connectivity index (χ0v) is 10.8. The van der Waals surface area contributed by atoms with Crippen LogP contribution in [0.3, 0.4) is 0 Å². The normalized spacial score (nSPS) is 12.1. The monoisotopic (exact) mass is 251 g/mol. The molecule has 1 aliphatic carbocycles. The summed E-state index contributed by atoms with van der Waals surface area (Å²) in [7, 11) is 0. The Bertz CT molecular complexity index is 521. The van der Waals surface area contributed by atoms with E-state index in [1.54, 1.807) is 48.5 Å². The number of hydrogen-bond donors (Lipinski definition) is 0. The van der Waals surface area contributed by atoms with Crippen LogP contribution < -0.4 is 0 Å². The molecule has 0 fully saturated rings. The minimum absolute atomic E-state index is 0.0641. The molecule has 19 heavy (non-hydrogen) atoms. The molecule has 0 amide bonds. The molecule has 1 radical (unpaired) electrons. The molecule has 2 nitrogen and oxygen atoms in total. The lowest BCUT2D eigenvalue weighted by molar-refractivity contribution is 0.0979. The van der Waals surface area contributed by atoms with Gasteiger partial charge in [-0.2, -0.15) is 0 Å². The van der Waals surface area contributed by atoms with Crippen molar-refractivity contribution in [3.63, 3.8) is 0 Å². The van der Waals surface area contributed by atoms with E-state index in [0.29, 0.717) is 22.3 Å². The summed E-state index contributed by atoms with van der Waals surface area (Å²) in [4.78, 5) is 24.2. The first-order valence-electron chi connectivity index (χ1n) is 6.27. The molecule has 0 unspecified atom stereocenters. The Morgan fingerprint density at radius 3 is 1.16 bits per heavy atom. The molecule has 2 heteroatoms. The summed E-state index contributed by atoms with van der Waals surface area (Å²) in [5.74, 6) is -0.128. The van der Waals surface area contributed by atoms with Crippen LogP contribution in [0, 0.1) is 6.92 Å². The Kier molecular flexibility index (Phi) is 3.91. The molecule has 0 saturated heterocycles. The maximum absolute atomic E-state index is 12.1. The van der Waals surface area contributed by atoms with E-state index in [0.717, 1.165) is 6.42 Å². The number of benzene rings is 2. The van der Waals surface area contributed by atoms with Crippen molar-refractivity contribution in [1.29, 1.82) is 0 Å². The lowest BCUT2D eigenvalue weighted by Gasteiger charge is -2.16. The average Bonchev–Trinajstić information content (AvgIpc) is 2.46. The van der Waals surface area contributed by atoms with Gasteiger partial charge < -0.3 is 0 Å². The number of rotatable bonds is 0. The maximum atomic E-state index is 12.1. The van der Waals surface area contributed by atoms with Crippen molar-refractivity contribution in [1.82, 2.24) is 0 Å². The Morgan fingerprint density at radius 2 is 0.947 bits per heavy atom. The molecule has 1 aliphatic rings. The van der Waals surface area contributed by atoms with E-state index < -0.39 is 0 Å². The van der Waals surface area contributed by atoms with Crippen LogP contribution in [0.25, 0.3) is 0 Å². The molecular formula is C17H15O2. The van der Waals surface area contributed by atoms with Crippen molar-refractivity contribution in [2.75, 3.05) is 0 Å². The summed E-state index contributed by atoms with van der Waals surface area (Å²) in [6, 6.07) is 13.9. The third-order valence-corrected chi connectivity index (χ3v) is 2.83. The van der Waals surface area contributed by atoms with E-state index in [1.807, 2.05) is 6.92 Å². The van der Waals surface area contributed by atoms with Gasteiger partial charge in [0.2, 0.25) is 0 Å². The minimum Gasteiger partial charge on any atom is -0.289 e. The molecule has 2 aromatic carbocycles. The summed E-state index contributed by atoms with van der Waals surface area (Å²) >= 11 is 0. The summed E-state index contributed by atoms with van der Waals surface area (Å²) < 4.78 is 0. The van der Waals surface area contributed by atoms with Gasteiger partial charge >= 0.3 is 0 Å². The molecule has 3 rings (SSSR count). The van der Waals surface area contributed by atoms with Gasteiger partial charge in [-0.1, -0.05) is 68.8 Å². The Hall–Kier alpha value is -2.22. The zero-order valence-electron chi connectivity index (χ0n) is 10.8. The fourth-order valence-corrected chi connectivity index (χ4v) is 2.05. The fraction of sp³-hybridized carbons (Fsp3) is 0.118. The molecule has 0 saturated carbocycles. The number of fused-ring (bicyclic) bond motifs is 2. The first-order chi connectivity index (χ1) is 9.20. The number of carbonyl (C=O) groups is 2. The molecule has 95 valence electrons. The maximum Gasteiger partial charge on any atom is 0.194 e. The molecule has 0 spiro atoms. The average molecular weight is 251 g/mol. The smallest absolute Gasteiger partial charge is 0.194 e. The first-order valence-corrected chi connectivity index (χ1v) is 6.27. The highest BCUT2D eigenvalue weighted by molar-refractivity contribution is 6.28. The quantitative estimate of drug-likeness (QED) is 0.610. The second-order valence-electron chi connectivity index (χ2n) is 4.25. The van der Waals surface area contributed by atoms with Crippen LogP contribution in [0.4, 0.5) is 0 Å². The summed E-state index contributed by atoms with van der Waals surface area (Å²) in [6.07, 6.45) is 1.00. The fourth-order valence-electron chi connectivity index (χ4n) is 2.05. The van der Waals surface area contributed by atoms with E-state index >= 15 is 0 Å². The SMILES string of the molecule is O=C1c2ccccc2C(=O)c2ccccc21.[CH2]CC. The first kappa shape index (κ1) is 13.2. The summed E-state index contributed by atoms with van der Waals surface area (Å²) in [5, 5.41) is 0. The van der Waals surface area contributed by atoms with Crippen molar-refractivity contribution >= 4 is 11.6 Å². The van der Waals surface area contributed by atoms with E-state index in [4.69, 9.17) is 0 Å². The van der Waals surface area contributed by atoms with Crippen LogP contribution >= 0.6 is 0 Å². The highest BCUT2D eigenvalue weighted by Gasteiger charge is 2.28. The van der Waals surface area contributed by atoms with Gasteiger partial charge in [0.25, 0.3) is 0 Å². The summed E-state index contributed by atoms with van der Waals surface area (Å²) in [6.45, 7) is 5.50. The Labute approximate surface area is 113 Å². The van der Waals surface area contributed by atoms with Crippen molar-refractivity contribution in [3.8, 4) is 0 Å². The van der Waals surface area contributed by atoms with E-state index in [1.165, 1.54) is 0 Å². The molecular weight excluding hydrogens is 236 g/mol. The van der Waals surface area contributed by atoms with Gasteiger partial charge in [0.15, 0.2) is 11.6 Å². The van der Waals surface area contributed by atoms with Gasteiger partial charge in [-0.25, -0.2) is 0 Å². The van der Waals surface area contributed by atoms with Crippen molar-refractivity contribution < 1.29 is 9.59 Å². The predicted molar refractivity (Wildman–Crippen MR) is 75.4 cm³/mol. The van der Waals surface area contributed by atoms with Crippen LogP contribution in [0.5, 0.6) is 0 Å². The van der Waals surface area contributed by atoms with Gasteiger partial charge in [0.1, 0.15) is 0 Å². The van der Waals surface area contributed by atoms with Crippen LogP contribution in [0.15, 0.2) is 48.5 Å². The van der Waals surface area contributed by atoms with Gasteiger partial charge in [0, 0.05) is 22.3 Å². The lowest BCUT2D eigenvalue weighted by atomic mass is 9.84. The van der Waals surface area contributed by atoms with Crippen LogP contribution in [0.2, 0.25) is 0 Å². The molecule has 0 aromatic heterocycles. The van der Waals surface area contributed by atoms with Crippen molar-refractivity contribution in [2.24, 2.45) is 0 Å². The molecule has 0 N–H and O–H groups in total. The predicted octanol–water partition coefficient (Wildman–Crippen LogP) is 3.69. The van der Waals surface area contributed by atoms with E-state index in [9.17, 15) is 9.59 Å². The van der Waals surface area contributed by atoms with E-state index in [-0.39, 0.29) is 11.6 Å². The third kappa shape index (κ3) is 2.34. The molecule has 0 heterocycles. The van der Waals surface area contributed by atoms with Crippen LogP contribution in [-0.4, -0.2) is 11.6 Å². The van der Waals surface area contributed by atoms with Gasteiger partial charge in [-0.3, -0.25) is 9.59 Å². The topological polar surface area (TPSA) is 34.1 Å². The number of carbonyl (C=O) groups excluding carboxylic acids is 2. The second kappa shape index (κ2) is 5.61. The van der Waals surface area contributed by atoms with Gasteiger partial charge in [-0.05, 0) is 0 Å². The van der Waals surface area contributed by atoms with Gasteiger partial charge in [-0.15, -0.1) is 0 Å². The molecule has 0 atom stereocenters. The standard InChI is InChI=1S/C14H8O2.C3H7/c15-13-9-5-1-2-6-10(9)14(16)12-8-4-3-7-11(12)13;1-3-2/h1-8H;1,3H2,2H3. The van der Waals surface area contributed by atoms with E-state index in [2.05, 4.69) is 6.92 Å². The second-order valence-corrected chi connectivity index (χ2v) is 4.25. The molecule has 0 bridgehead atoms. The zero-order chi connectivity index (χ0) is 13.8. The molecule has 2 aromatic rings. The minimum atomic E-state index is -0.0641. The largest absolute Gasteiger partial charge is 0.289 e. The Morgan fingerprint density at radius 1 is 0.737 bits per heavy atom. The highest BCUT2D eigenvalue weighted by Crippen LogP contribution is 2.26. The van der Waals surface area contributed by atoms with Crippen LogP contribution in [-0.2, 0) is 0 Å². The van der Waals surface area contributed by atoms with Crippen LogP contribution in [0.1, 0.15) is 45.2 Å². The third-order valence-electron chi connectivity index (χ3n) is 2.83. The number of hydrogen-bond acceptors (Lipinski definition) is 2. The molecule has 0 aliphatic heterocycles. The lowest BCUT2D eigenvalue weighted by Crippen LogP contribution is -2.20. The number of ketones is 2. The Balaban J connectivity index is 0.000000408. The van der Waals surface area contributed by atoms with Gasteiger partial charge in [0.05, 0.1) is 0 Å². The summed E-state index contributed by atoms with van der Waals surface area (Å²) in [5.41, 5.74) is 2.02. The van der Waals surface area contributed by atoms with Crippen molar-refractivity contribution in [3.05, 3.63) is 77.7 Å². The van der Waals surface area contributed by atoms with Crippen molar-refractivity contribution in [2.45, 2.75) is 13.3 Å².